The van der Waals surface area contributed by atoms with Crippen LogP contribution in [0.1, 0.15) is 24.6 Å². The van der Waals surface area contributed by atoms with Gasteiger partial charge in [0.25, 0.3) is 0 Å². The largest absolute Gasteiger partial charge is 0.357 e. The molecule has 1 fully saturated rings. The molecular formula is C14H22BrIN4OS. The van der Waals surface area contributed by atoms with Gasteiger partial charge in [-0.1, -0.05) is 0 Å². The van der Waals surface area contributed by atoms with E-state index in [1.165, 1.54) is 4.88 Å². The lowest BCUT2D eigenvalue weighted by atomic mass is 10.4. The first-order valence-corrected chi connectivity index (χ1v) is 8.89. The Morgan fingerprint density at radius 3 is 2.73 bits per heavy atom. The van der Waals surface area contributed by atoms with E-state index in [0.29, 0.717) is 12.5 Å². The molecule has 1 aliphatic rings. The van der Waals surface area contributed by atoms with E-state index in [1.54, 1.807) is 11.3 Å². The fourth-order valence-electron chi connectivity index (χ4n) is 2.17. The molecule has 0 radical (unpaired) electrons. The molecule has 2 heterocycles. The summed E-state index contributed by atoms with van der Waals surface area (Å²) in [4.78, 5) is 19.5. The zero-order valence-electron chi connectivity index (χ0n) is 12.6. The second-order valence-corrected chi connectivity index (χ2v) is 6.78. The third kappa shape index (κ3) is 6.41. The van der Waals surface area contributed by atoms with Crippen LogP contribution in [-0.2, 0) is 11.3 Å². The molecule has 0 spiro atoms. The maximum atomic E-state index is 12.0. The number of amides is 1. The molecule has 1 aromatic rings. The SMILES string of the molecule is CCNC(=NCC(=O)N1CCCC1)NCc1cc(Br)cs1.I. The van der Waals surface area contributed by atoms with Crippen molar-refractivity contribution < 1.29 is 4.79 Å². The zero-order chi connectivity index (χ0) is 15.1. The lowest BCUT2D eigenvalue weighted by molar-refractivity contribution is -0.128. The molecule has 0 aromatic carbocycles. The van der Waals surface area contributed by atoms with Gasteiger partial charge >= 0.3 is 0 Å². The number of carbonyl (C=O) groups is 1. The normalized spacial score (nSPS) is 14.6. The number of hydrogen-bond donors (Lipinski definition) is 2. The predicted octanol–water partition coefficient (Wildman–Crippen LogP) is 2.81. The number of rotatable bonds is 5. The maximum Gasteiger partial charge on any atom is 0.244 e. The summed E-state index contributed by atoms with van der Waals surface area (Å²) in [5, 5.41) is 8.47. The van der Waals surface area contributed by atoms with Crippen molar-refractivity contribution in [2.45, 2.75) is 26.3 Å². The summed E-state index contributed by atoms with van der Waals surface area (Å²) in [6.45, 7) is 5.46. The topological polar surface area (TPSA) is 56.7 Å². The molecule has 1 amide bonds. The molecular weight excluding hydrogens is 479 g/mol. The molecule has 0 bridgehead atoms. The van der Waals surface area contributed by atoms with Gasteiger partial charge < -0.3 is 15.5 Å². The number of likely N-dealkylation sites (tertiary alicyclic amines) is 1. The highest BCUT2D eigenvalue weighted by Gasteiger charge is 2.17. The van der Waals surface area contributed by atoms with Crippen LogP contribution in [0.25, 0.3) is 0 Å². The molecule has 1 aliphatic heterocycles. The van der Waals surface area contributed by atoms with Gasteiger partial charge in [0.15, 0.2) is 5.96 Å². The summed E-state index contributed by atoms with van der Waals surface area (Å²) in [7, 11) is 0. The Hall–Kier alpha value is -0.350. The van der Waals surface area contributed by atoms with Crippen molar-refractivity contribution >= 4 is 63.1 Å². The number of thiophene rings is 1. The lowest BCUT2D eigenvalue weighted by Crippen LogP contribution is -2.38. The molecule has 0 unspecified atom stereocenters. The van der Waals surface area contributed by atoms with Gasteiger partial charge in [-0.25, -0.2) is 4.99 Å². The maximum absolute atomic E-state index is 12.0. The van der Waals surface area contributed by atoms with Crippen molar-refractivity contribution in [3.8, 4) is 0 Å². The third-order valence-electron chi connectivity index (χ3n) is 3.23. The van der Waals surface area contributed by atoms with E-state index in [1.807, 2.05) is 11.8 Å². The van der Waals surface area contributed by atoms with Crippen LogP contribution in [0.3, 0.4) is 0 Å². The summed E-state index contributed by atoms with van der Waals surface area (Å²) in [5.41, 5.74) is 0. The molecule has 0 aliphatic carbocycles. The Bertz CT molecular complexity index is 503. The van der Waals surface area contributed by atoms with Crippen LogP contribution in [0.5, 0.6) is 0 Å². The average Bonchev–Trinajstić information content (AvgIpc) is 3.13. The summed E-state index contributed by atoms with van der Waals surface area (Å²) in [6, 6.07) is 2.08. The van der Waals surface area contributed by atoms with Gasteiger partial charge in [0, 0.05) is 34.4 Å². The van der Waals surface area contributed by atoms with Gasteiger partial charge in [0.2, 0.25) is 5.91 Å². The van der Waals surface area contributed by atoms with Crippen molar-refractivity contribution in [3.05, 3.63) is 20.8 Å². The first-order valence-electron chi connectivity index (χ1n) is 7.22. The first-order chi connectivity index (χ1) is 10.2. The number of aliphatic imine (C=N–C) groups is 1. The molecule has 22 heavy (non-hydrogen) atoms. The van der Waals surface area contributed by atoms with Crippen LogP contribution in [0.4, 0.5) is 0 Å². The number of guanidine groups is 1. The summed E-state index contributed by atoms with van der Waals surface area (Å²) in [5.74, 6) is 0.804. The second kappa shape index (κ2) is 10.4. The Labute approximate surface area is 161 Å². The van der Waals surface area contributed by atoms with Crippen molar-refractivity contribution in [2.75, 3.05) is 26.2 Å². The van der Waals surface area contributed by atoms with E-state index < -0.39 is 0 Å². The predicted molar refractivity (Wildman–Crippen MR) is 106 cm³/mol. The molecule has 0 saturated carbocycles. The van der Waals surface area contributed by atoms with Crippen LogP contribution >= 0.6 is 51.2 Å². The molecule has 0 atom stereocenters. The molecule has 2 N–H and O–H groups in total. The lowest BCUT2D eigenvalue weighted by Gasteiger charge is -2.15. The standard InChI is InChI=1S/C14H21BrN4OS.HI/c1-2-16-14(17-8-12-7-11(15)10-21-12)18-9-13(20)19-5-3-4-6-19;/h7,10H,2-6,8-9H2,1H3,(H2,16,17,18);1H. The Kier molecular flexibility index (Phi) is 9.34. The highest BCUT2D eigenvalue weighted by molar-refractivity contribution is 14.0. The van der Waals surface area contributed by atoms with Gasteiger partial charge in [0.1, 0.15) is 6.54 Å². The molecule has 1 aromatic heterocycles. The molecule has 5 nitrogen and oxygen atoms in total. The molecule has 2 rings (SSSR count). The molecule has 1 saturated heterocycles. The first kappa shape index (κ1) is 19.7. The van der Waals surface area contributed by atoms with E-state index in [2.05, 4.69) is 43.0 Å². The highest BCUT2D eigenvalue weighted by Crippen LogP contribution is 2.19. The monoisotopic (exact) mass is 500 g/mol. The van der Waals surface area contributed by atoms with Crippen molar-refractivity contribution in [2.24, 2.45) is 4.99 Å². The van der Waals surface area contributed by atoms with Crippen LogP contribution in [-0.4, -0.2) is 42.9 Å². The van der Waals surface area contributed by atoms with E-state index in [0.717, 1.165) is 36.9 Å². The smallest absolute Gasteiger partial charge is 0.244 e. The Balaban J connectivity index is 0.00000242. The zero-order valence-corrected chi connectivity index (χ0v) is 17.3. The van der Waals surface area contributed by atoms with Gasteiger partial charge in [-0.3, -0.25) is 4.79 Å². The van der Waals surface area contributed by atoms with Crippen LogP contribution < -0.4 is 10.6 Å². The Morgan fingerprint density at radius 1 is 1.41 bits per heavy atom. The van der Waals surface area contributed by atoms with E-state index in [-0.39, 0.29) is 36.4 Å². The van der Waals surface area contributed by atoms with Crippen LogP contribution in [0, 0.1) is 0 Å². The minimum atomic E-state index is 0. The van der Waals surface area contributed by atoms with E-state index >= 15 is 0 Å². The number of nitrogens with one attached hydrogen (secondary N) is 2. The van der Waals surface area contributed by atoms with Gasteiger partial charge in [-0.2, -0.15) is 0 Å². The second-order valence-electron chi connectivity index (χ2n) is 4.87. The van der Waals surface area contributed by atoms with Gasteiger partial charge in [-0.15, -0.1) is 35.3 Å². The van der Waals surface area contributed by atoms with Crippen LogP contribution in [0.15, 0.2) is 20.9 Å². The highest BCUT2D eigenvalue weighted by atomic mass is 127. The Morgan fingerprint density at radius 2 is 2.14 bits per heavy atom. The summed E-state index contributed by atoms with van der Waals surface area (Å²) < 4.78 is 1.09. The van der Waals surface area contributed by atoms with Crippen molar-refractivity contribution in [1.29, 1.82) is 0 Å². The fourth-order valence-corrected chi connectivity index (χ4v) is 3.56. The number of carbonyl (C=O) groups excluding carboxylic acids is 1. The van der Waals surface area contributed by atoms with E-state index in [4.69, 9.17) is 0 Å². The quantitative estimate of drug-likeness (QED) is 0.371. The fraction of sp³-hybridized carbons (Fsp3) is 0.571. The third-order valence-corrected chi connectivity index (χ3v) is 4.92. The van der Waals surface area contributed by atoms with Crippen molar-refractivity contribution in [3.63, 3.8) is 0 Å². The minimum absolute atomic E-state index is 0. The van der Waals surface area contributed by atoms with Crippen LogP contribution in [0.2, 0.25) is 0 Å². The van der Waals surface area contributed by atoms with Gasteiger partial charge in [-0.05, 0) is 41.8 Å². The molecule has 8 heteroatoms. The number of nitrogens with zero attached hydrogens (tertiary/aromatic N) is 2. The number of hydrogen-bond acceptors (Lipinski definition) is 3. The van der Waals surface area contributed by atoms with E-state index in [9.17, 15) is 4.79 Å². The van der Waals surface area contributed by atoms with Gasteiger partial charge in [0.05, 0.1) is 6.54 Å². The summed E-state index contributed by atoms with van der Waals surface area (Å²) >= 11 is 5.13. The number of halogens is 2. The summed E-state index contributed by atoms with van der Waals surface area (Å²) in [6.07, 6.45) is 2.22. The molecule has 124 valence electrons. The average molecular weight is 501 g/mol. The van der Waals surface area contributed by atoms with Crippen molar-refractivity contribution in [1.82, 2.24) is 15.5 Å². The minimum Gasteiger partial charge on any atom is -0.357 e.